The molecule has 4 N–H and O–H groups in total. The van der Waals surface area contributed by atoms with Gasteiger partial charge in [-0.1, -0.05) is 25.0 Å². The van der Waals surface area contributed by atoms with Crippen LogP contribution in [0.2, 0.25) is 0 Å². The third kappa shape index (κ3) is 2.29. The number of carbonyl (C=O) groups excluding carboxylic acids is 2. The molecule has 0 aromatic heterocycles. The zero-order valence-electron chi connectivity index (χ0n) is 18.1. The summed E-state index contributed by atoms with van der Waals surface area (Å²) >= 11 is 0. The Balaban J connectivity index is 1.77. The van der Waals surface area contributed by atoms with Crippen molar-refractivity contribution in [1.29, 1.82) is 0 Å². The van der Waals surface area contributed by atoms with Crippen LogP contribution >= 0.6 is 0 Å². The molecule has 2 heterocycles. The molecule has 11 atom stereocenters. The third-order valence-electron chi connectivity index (χ3n) is 8.97. The average molecular weight is 438 g/mol. The fourth-order valence-corrected chi connectivity index (χ4v) is 7.95. The number of aliphatic hydroxyl groups is 4. The molecular formula is C22H30O9. The highest BCUT2D eigenvalue weighted by Crippen LogP contribution is 2.73. The van der Waals surface area contributed by atoms with Gasteiger partial charge in [-0.25, -0.2) is 4.79 Å². The van der Waals surface area contributed by atoms with Crippen LogP contribution in [0.5, 0.6) is 0 Å². The first-order chi connectivity index (χ1) is 14.4. The molecule has 0 aromatic rings. The molecule has 9 heteroatoms. The van der Waals surface area contributed by atoms with Gasteiger partial charge in [-0.3, -0.25) is 4.79 Å². The summed E-state index contributed by atoms with van der Waals surface area (Å²) in [6.07, 6.45) is -5.00. The number of fused-ring (bicyclic) bond motifs is 1. The minimum atomic E-state index is -2.02. The summed E-state index contributed by atoms with van der Waals surface area (Å²) in [5, 5.41) is 44.7. The van der Waals surface area contributed by atoms with E-state index in [2.05, 4.69) is 0 Å². The van der Waals surface area contributed by atoms with Crippen LogP contribution in [0.15, 0.2) is 11.1 Å². The highest BCUT2D eigenvalue weighted by Gasteiger charge is 2.82. The second kappa shape index (κ2) is 6.29. The van der Waals surface area contributed by atoms with Crippen molar-refractivity contribution >= 4 is 11.9 Å². The van der Waals surface area contributed by atoms with Gasteiger partial charge in [0.25, 0.3) is 0 Å². The van der Waals surface area contributed by atoms with Gasteiger partial charge in [0, 0.05) is 36.0 Å². The van der Waals surface area contributed by atoms with Crippen LogP contribution in [0.1, 0.15) is 40.5 Å². The van der Waals surface area contributed by atoms with Crippen molar-refractivity contribution in [1.82, 2.24) is 0 Å². The quantitative estimate of drug-likeness (QED) is 0.319. The topological polar surface area (TPSA) is 143 Å². The Morgan fingerprint density at radius 1 is 1.19 bits per heavy atom. The molecule has 2 saturated carbocycles. The van der Waals surface area contributed by atoms with Crippen LogP contribution in [-0.2, 0) is 23.8 Å². The fraction of sp³-hybridized carbons (Fsp3) is 0.818. The lowest BCUT2D eigenvalue weighted by Gasteiger charge is -2.67. The molecular weight excluding hydrogens is 408 g/mol. The van der Waals surface area contributed by atoms with Gasteiger partial charge < -0.3 is 34.6 Å². The van der Waals surface area contributed by atoms with E-state index < -0.39 is 76.8 Å². The summed E-state index contributed by atoms with van der Waals surface area (Å²) in [4.78, 5) is 24.7. The predicted molar refractivity (Wildman–Crippen MR) is 103 cm³/mol. The van der Waals surface area contributed by atoms with Crippen molar-refractivity contribution in [3.05, 3.63) is 11.1 Å². The maximum absolute atomic E-state index is 12.9. The van der Waals surface area contributed by atoms with E-state index in [0.29, 0.717) is 6.42 Å². The van der Waals surface area contributed by atoms with Gasteiger partial charge >= 0.3 is 11.9 Å². The molecule has 11 unspecified atom stereocenters. The first-order valence-electron chi connectivity index (χ1n) is 10.9. The van der Waals surface area contributed by atoms with Gasteiger partial charge in [0.15, 0.2) is 5.79 Å². The largest absolute Gasteiger partial charge is 0.459 e. The predicted octanol–water partition coefficient (Wildman–Crippen LogP) is -0.356. The molecule has 1 spiro atoms. The minimum Gasteiger partial charge on any atom is -0.459 e. The van der Waals surface area contributed by atoms with Crippen molar-refractivity contribution < 1.29 is 44.2 Å². The van der Waals surface area contributed by atoms with E-state index in [9.17, 15) is 30.0 Å². The Morgan fingerprint density at radius 2 is 1.87 bits per heavy atom. The molecule has 2 bridgehead atoms. The first-order valence-corrected chi connectivity index (χ1v) is 10.9. The van der Waals surface area contributed by atoms with Crippen molar-refractivity contribution in [2.75, 3.05) is 6.61 Å². The molecule has 4 fully saturated rings. The minimum absolute atomic E-state index is 0.0271. The summed E-state index contributed by atoms with van der Waals surface area (Å²) in [5.41, 5.74) is -0.467. The van der Waals surface area contributed by atoms with Crippen LogP contribution in [0, 0.1) is 28.6 Å². The second-order valence-electron chi connectivity index (χ2n) is 10.3. The van der Waals surface area contributed by atoms with E-state index in [1.807, 2.05) is 6.92 Å². The van der Waals surface area contributed by atoms with Crippen molar-refractivity contribution in [2.45, 2.75) is 76.8 Å². The van der Waals surface area contributed by atoms with Crippen LogP contribution in [0.25, 0.3) is 0 Å². The highest BCUT2D eigenvalue weighted by molar-refractivity contribution is 5.80. The fourth-order valence-electron chi connectivity index (χ4n) is 7.95. The van der Waals surface area contributed by atoms with E-state index in [-0.39, 0.29) is 13.0 Å². The van der Waals surface area contributed by atoms with Crippen molar-refractivity contribution in [3.8, 4) is 0 Å². The second-order valence-corrected chi connectivity index (χ2v) is 10.3. The highest BCUT2D eigenvalue weighted by atomic mass is 16.7. The Morgan fingerprint density at radius 3 is 2.52 bits per heavy atom. The summed E-state index contributed by atoms with van der Waals surface area (Å²) in [6.45, 7) is 6.51. The van der Waals surface area contributed by atoms with Crippen LogP contribution in [0.3, 0.4) is 0 Å². The average Bonchev–Trinajstić information content (AvgIpc) is 2.97. The lowest BCUT2D eigenvalue weighted by molar-refractivity contribution is -0.330. The normalized spacial score (nSPS) is 55.3. The number of hydrogen-bond donors (Lipinski definition) is 4. The maximum atomic E-state index is 12.9. The number of rotatable bonds is 1. The third-order valence-corrected chi connectivity index (χ3v) is 8.97. The zero-order valence-corrected chi connectivity index (χ0v) is 18.1. The number of aliphatic hydroxyl groups excluding tert-OH is 3. The molecule has 0 amide bonds. The summed E-state index contributed by atoms with van der Waals surface area (Å²) in [5.74, 6) is -5.56. The van der Waals surface area contributed by atoms with E-state index >= 15 is 0 Å². The van der Waals surface area contributed by atoms with E-state index in [1.54, 1.807) is 13.8 Å². The van der Waals surface area contributed by atoms with E-state index in [0.717, 1.165) is 11.1 Å². The molecule has 9 nitrogen and oxygen atoms in total. The number of ether oxygens (including phenoxy) is 3. The molecule has 5 aliphatic rings. The molecule has 3 aliphatic carbocycles. The lowest BCUT2D eigenvalue weighted by Crippen LogP contribution is -2.77. The summed E-state index contributed by atoms with van der Waals surface area (Å²) in [7, 11) is 0. The standard InChI is InChI=1S/C22H30O9/c1-8-5-12(24)17(26)20(4)11(8)6-13-21-7-29-22(28,19(20)21)16(25)9(2)14(21)15(18(27)31-13)30-10(3)23/h9,12-17,19,24-26,28H,5-7H2,1-4H3. The SMILES string of the molecule is CC(=O)OC1C(=O)OC2CC3=C(C)CC(O)C(O)C3(C)C3C4(O)OCC23C1C(C)C4O. The summed E-state index contributed by atoms with van der Waals surface area (Å²) < 4.78 is 17.1. The van der Waals surface area contributed by atoms with Crippen LogP contribution in [-0.4, -0.2) is 75.3 Å². The van der Waals surface area contributed by atoms with E-state index in [1.165, 1.54) is 6.92 Å². The molecule has 0 aromatic carbocycles. The van der Waals surface area contributed by atoms with Gasteiger partial charge in [0.05, 0.1) is 18.8 Å². The van der Waals surface area contributed by atoms with Gasteiger partial charge in [-0.05, 0) is 19.3 Å². The van der Waals surface area contributed by atoms with Crippen LogP contribution < -0.4 is 0 Å². The number of esters is 2. The molecule has 5 rings (SSSR count). The monoisotopic (exact) mass is 438 g/mol. The molecule has 0 radical (unpaired) electrons. The molecule has 31 heavy (non-hydrogen) atoms. The number of carbonyl (C=O) groups is 2. The molecule has 2 saturated heterocycles. The zero-order chi connectivity index (χ0) is 22.7. The van der Waals surface area contributed by atoms with E-state index in [4.69, 9.17) is 14.2 Å². The maximum Gasteiger partial charge on any atom is 0.348 e. The smallest absolute Gasteiger partial charge is 0.348 e. The van der Waals surface area contributed by atoms with Crippen molar-refractivity contribution in [2.24, 2.45) is 28.6 Å². The van der Waals surface area contributed by atoms with Crippen molar-refractivity contribution in [3.63, 3.8) is 0 Å². The Labute approximate surface area is 180 Å². The summed E-state index contributed by atoms with van der Waals surface area (Å²) in [6, 6.07) is 0. The number of hydrogen-bond acceptors (Lipinski definition) is 9. The van der Waals surface area contributed by atoms with Gasteiger partial charge in [-0.15, -0.1) is 0 Å². The first kappa shape index (κ1) is 21.3. The van der Waals surface area contributed by atoms with Gasteiger partial charge in [0.1, 0.15) is 12.2 Å². The molecule has 2 aliphatic heterocycles. The Hall–Kier alpha value is -1.52. The van der Waals surface area contributed by atoms with Gasteiger partial charge in [0.2, 0.25) is 6.10 Å². The Bertz CT molecular complexity index is 884. The van der Waals surface area contributed by atoms with Crippen LogP contribution in [0.4, 0.5) is 0 Å². The Kier molecular flexibility index (Phi) is 4.33. The molecule has 172 valence electrons. The lowest BCUT2D eigenvalue weighted by atomic mass is 9.39. The van der Waals surface area contributed by atoms with Gasteiger partial charge in [-0.2, -0.15) is 0 Å².